The Kier molecular flexibility index (Phi) is 7.09. The number of ether oxygens (including phenoxy) is 3. The van der Waals surface area contributed by atoms with Crippen molar-refractivity contribution in [3.8, 4) is 11.5 Å². The number of aryl methyl sites for hydroxylation is 2. The zero-order valence-corrected chi connectivity index (χ0v) is 21.1. The third-order valence-corrected chi connectivity index (χ3v) is 6.88. The van der Waals surface area contributed by atoms with Crippen LogP contribution in [-0.4, -0.2) is 56.0 Å². The van der Waals surface area contributed by atoms with Crippen molar-refractivity contribution in [1.82, 2.24) is 15.2 Å². The third-order valence-electron chi connectivity index (χ3n) is 6.50. The highest BCUT2D eigenvalue weighted by molar-refractivity contribution is 7.80. The summed E-state index contributed by atoms with van der Waals surface area (Å²) >= 11 is 5.77. The van der Waals surface area contributed by atoms with E-state index < -0.39 is 0 Å². The van der Waals surface area contributed by atoms with Crippen LogP contribution in [0, 0.1) is 13.8 Å². The second kappa shape index (κ2) is 10.0. The zero-order valence-electron chi connectivity index (χ0n) is 20.3. The Bertz CT molecular complexity index is 1290. The van der Waals surface area contributed by atoms with Gasteiger partial charge in [0.1, 0.15) is 0 Å². The summed E-state index contributed by atoms with van der Waals surface area (Å²) < 4.78 is 16.3. The number of benzene rings is 2. The van der Waals surface area contributed by atoms with Crippen LogP contribution < -0.4 is 20.3 Å². The van der Waals surface area contributed by atoms with Crippen LogP contribution in [0.25, 0.3) is 10.9 Å². The lowest BCUT2D eigenvalue weighted by molar-refractivity contribution is 0.202. The number of hydrogen-bond donors (Lipinski definition) is 2. The summed E-state index contributed by atoms with van der Waals surface area (Å²) in [5.74, 6) is 1.29. The quantitative estimate of drug-likeness (QED) is 0.411. The van der Waals surface area contributed by atoms with E-state index in [1.54, 1.807) is 21.3 Å². The average molecular weight is 482 g/mol. The summed E-state index contributed by atoms with van der Waals surface area (Å²) in [6.45, 7) is 5.91. The summed E-state index contributed by atoms with van der Waals surface area (Å²) in [6.07, 6.45) is 0.766. The predicted molar refractivity (Wildman–Crippen MR) is 138 cm³/mol. The molecule has 0 saturated carbocycles. The Morgan fingerprint density at radius 2 is 1.76 bits per heavy atom. The van der Waals surface area contributed by atoms with Gasteiger partial charge in [0.25, 0.3) is 5.56 Å². The van der Waals surface area contributed by atoms with Crippen LogP contribution in [0.1, 0.15) is 33.9 Å². The summed E-state index contributed by atoms with van der Waals surface area (Å²) in [7, 11) is 4.90. The Balaban J connectivity index is 1.89. The molecule has 0 fully saturated rings. The molecule has 0 spiro atoms. The number of hydrogen-bond acceptors (Lipinski definition) is 5. The van der Waals surface area contributed by atoms with E-state index in [9.17, 15) is 4.79 Å². The van der Waals surface area contributed by atoms with Gasteiger partial charge in [-0.1, -0.05) is 0 Å². The SMILES string of the molecule is COCCNC(=S)N1CCc2cc(OC)c(OC)cc2[C@H]1c1cc2cc(C)c(C)cc2[nH]c1=O. The minimum Gasteiger partial charge on any atom is -0.493 e. The van der Waals surface area contributed by atoms with Crippen LogP contribution in [0.15, 0.2) is 35.1 Å². The Hall–Kier alpha value is -3.10. The van der Waals surface area contributed by atoms with Gasteiger partial charge in [-0.05, 0) is 90.5 Å². The molecule has 0 bridgehead atoms. The topological polar surface area (TPSA) is 75.8 Å². The molecule has 0 aliphatic carbocycles. The first-order valence-corrected chi connectivity index (χ1v) is 11.7. The van der Waals surface area contributed by atoms with Crippen molar-refractivity contribution in [3.63, 3.8) is 0 Å². The molecule has 0 radical (unpaired) electrons. The Morgan fingerprint density at radius 1 is 1.06 bits per heavy atom. The number of aromatic amines is 1. The van der Waals surface area contributed by atoms with Crippen molar-refractivity contribution in [3.05, 3.63) is 68.5 Å². The molecule has 7 nitrogen and oxygen atoms in total. The second-order valence-corrected chi connectivity index (χ2v) is 8.94. The summed E-state index contributed by atoms with van der Waals surface area (Å²) in [6, 6.07) is 9.72. The smallest absolute Gasteiger partial charge is 0.254 e. The molecule has 0 amide bonds. The molecule has 1 atom stereocenters. The van der Waals surface area contributed by atoms with Gasteiger partial charge in [0.05, 0.1) is 26.9 Å². The van der Waals surface area contributed by atoms with Crippen molar-refractivity contribution in [2.45, 2.75) is 26.3 Å². The largest absolute Gasteiger partial charge is 0.493 e. The maximum Gasteiger partial charge on any atom is 0.254 e. The Labute approximate surface area is 205 Å². The minimum absolute atomic E-state index is 0.131. The van der Waals surface area contributed by atoms with Crippen molar-refractivity contribution in [2.75, 3.05) is 41.0 Å². The molecule has 2 N–H and O–H groups in total. The lowest BCUT2D eigenvalue weighted by Crippen LogP contribution is -2.47. The van der Waals surface area contributed by atoms with Gasteiger partial charge in [0.2, 0.25) is 0 Å². The van der Waals surface area contributed by atoms with Gasteiger partial charge in [-0.15, -0.1) is 0 Å². The van der Waals surface area contributed by atoms with Crippen LogP contribution >= 0.6 is 12.2 Å². The molecule has 4 rings (SSSR count). The van der Waals surface area contributed by atoms with Crippen LogP contribution in [0.2, 0.25) is 0 Å². The normalized spacial score (nSPS) is 15.2. The predicted octanol–water partition coefficient (Wildman–Crippen LogP) is 3.63. The monoisotopic (exact) mass is 481 g/mol. The van der Waals surface area contributed by atoms with Gasteiger partial charge in [-0.2, -0.15) is 0 Å². The zero-order chi connectivity index (χ0) is 24.4. The maximum absolute atomic E-state index is 13.4. The van der Waals surface area contributed by atoms with Gasteiger partial charge in [-0.25, -0.2) is 0 Å². The fourth-order valence-electron chi connectivity index (χ4n) is 4.56. The number of thiocarbonyl (C=S) groups is 1. The number of nitrogens with zero attached hydrogens (tertiary/aromatic N) is 1. The molecule has 180 valence electrons. The van der Waals surface area contributed by atoms with E-state index in [0.717, 1.165) is 34.0 Å². The molecule has 1 aliphatic heterocycles. The van der Waals surface area contributed by atoms with Crippen LogP contribution in [-0.2, 0) is 11.2 Å². The molecule has 1 aromatic heterocycles. The number of methoxy groups -OCH3 is 3. The highest BCUT2D eigenvalue weighted by Gasteiger charge is 2.33. The molecule has 3 aromatic rings. The van der Waals surface area contributed by atoms with Crippen molar-refractivity contribution in [2.24, 2.45) is 0 Å². The van der Waals surface area contributed by atoms with Crippen molar-refractivity contribution in [1.29, 1.82) is 0 Å². The van der Waals surface area contributed by atoms with Crippen molar-refractivity contribution < 1.29 is 14.2 Å². The van der Waals surface area contributed by atoms with Gasteiger partial charge in [0.15, 0.2) is 16.6 Å². The summed E-state index contributed by atoms with van der Waals surface area (Å²) in [4.78, 5) is 18.6. The van der Waals surface area contributed by atoms with Crippen LogP contribution in [0.3, 0.4) is 0 Å². The third kappa shape index (κ3) is 4.48. The number of rotatable bonds is 6. The lowest BCUT2D eigenvalue weighted by Gasteiger charge is -2.39. The number of H-pyrrole nitrogens is 1. The molecular formula is C26H31N3O4S. The summed E-state index contributed by atoms with van der Waals surface area (Å²) in [5.41, 5.74) is 5.74. The molecule has 1 aliphatic rings. The van der Waals surface area contributed by atoms with E-state index in [0.29, 0.717) is 41.9 Å². The maximum atomic E-state index is 13.4. The van der Waals surface area contributed by atoms with Crippen LogP contribution in [0.4, 0.5) is 0 Å². The van der Waals surface area contributed by atoms with Crippen LogP contribution in [0.5, 0.6) is 11.5 Å². The first-order valence-electron chi connectivity index (χ1n) is 11.3. The summed E-state index contributed by atoms with van der Waals surface area (Å²) in [5, 5.41) is 4.85. The van der Waals surface area contributed by atoms with E-state index in [-0.39, 0.29) is 11.6 Å². The minimum atomic E-state index is -0.374. The lowest BCUT2D eigenvalue weighted by atomic mass is 9.87. The highest BCUT2D eigenvalue weighted by Crippen LogP contribution is 2.40. The Morgan fingerprint density at radius 3 is 2.47 bits per heavy atom. The van der Waals surface area contributed by atoms with E-state index in [1.165, 1.54) is 5.56 Å². The van der Waals surface area contributed by atoms with Gasteiger partial charge in [0, 0.05) is 31.3 Å². The highest BCUT2D eigenvalue weighted by atomic mass is 32.1. The molecule has 34 heavy (non-hydrogen) atoms. The van der Waals surface area contributed by atoms with Crippen molar-refractivity contribution >= 4 is 28.2 Å². The second-order valence-electron chi connectivity index (χ2n) is 8.55. The first kappa shape index (κ1) is 24.0. The molecule has 8 heteroatoms. The van der Waals surface area contributed by atoms with E-state index in [4.69, 9.17) is 26.4 Å². The van der Waals surface area contributed by atoms with Gasteiger partial charge < -0.3 is 29.4 Å². The molecule has 0 unspecified atom stereocenters. The number of fused-ring (bicyclic) bond motifs is 2. The van der Waals surface area contributed by atoms with E-state index in [1.807, 2.05) is 31.2 Å². The first-order chi connectivity index (χ1) is 16.4. The number of aromatic nitrogens is 1. The fraction of sp³-hybridized carbons (Fsp3) is 0.385. The number of pyridine rings is 1. The fourth-order valence-corrected chi connectivity index (χ4v) is 4.86. The van der Waals surface area contributed by atoms with E-state index in [2.05, 4.69) is 28.2 Å². The number of nitrogens with one attached hydrogen (secondary N) is 2. The van der Waals surface area contributed by atoms with Gasteiger partial charge >= 0.3 is 0 Å². The van der Waals surface area contributed by atoms with Gasteiger partial charge in [-0.3, -0.25) is 4.79 Å². The molecular weight excluding hydrogens is 450 g/mol. The van der Waals surface area contributed by atoms with E-state index >= 15 is 0 Å². The molecule has 0 saturated heterocycles. The average Bonchev–Trinajstić information content (AvgIpc) is 2.83. The standard InChI is InChI=1S/C26H31N3O4S/c1-15-10-18-12-20(25(30)28-21(18)11-16(15)2)24-19-14-23(33-5)22(32-4)13-17(19)6-8-29(24)26(34)27-7-9-31-3/h10-14,24H,6-9H2,1-5H3,(H,27,34)(H,28,30)/t24-/m0/s1. The molecule has 2 aromatic carbocycles. The molecule has 2 heterocycles.